The van der Waals surface area contributed by atoms with Crippen molar-refractivity contribution in [1.29, 1.82) is 0 Å². The molecule has 3 aromatic heterocycles. The molecule has 12 heteroatoms. The van der Waals surface area contributed by atoms with Gasteiger partial charge in [0.25, 0.3) is 10.0 Å². The molecule has 0 bridgehead atoms. The number of likely N-dealkylation sites (tertiary alicyclic amines) is 1. The van der Waals surface area contributed by atoms with Gasteiger partial charge in [-0.2, -0.15) is 13.2 Å². The third-order valence-corrected chi connectivity index (χ3v) is 8.04. The second-order valence-corrected chi connectivity index (χ2v) is 10.6. The molecule has 0 radical (unpaired) electrons. The predicted molar refractivity (Wildman–Crippen MR) is 123 cm³/mol. The fourth-order valence-electron chi connectivity index (χ4n) is 4.82. The van der Waals surface area contributed by atoms with Gasteiger partial charge in [0.05, 0.1) is 23.2 Å². The number of hydrogen-bond donors (Lipinski definition) is 1. The van der Waals surface area contributed by atoms with E-state index in [1.54, 1.807) is 31.2 Å². The van der Waals surface area contributed by atoms with E-state index in [9.17, 15) is 26.7 Å². The number of aliphatic hydroxyl groups excluding tert-OH is 1. The zero-order chi connectivity index (χ0) is 25.0. The number of nitrogens with zero attached hydrogens (tertiary/aromatic N) is 5. The van der Waals surface area contributed by atoms with E-state index in [0.717, 1.165) is 3.97 Å². The van der Waals surface area contributed by atoms with Crippen molar-refractivity contribution in [3.63, 3.8) is 0 Å². The number of hydrogen-bond acceptors (Lipinski definition) is 6. The van der Waals surface area contributed by atoms with Crippen LogP contribution in [0.15, 0.2) is 53.7 Å². The molecule has 5 rings (SSSR count). The summed E-state index contributed by atoms with van der Waals surface area (Å²) in [6.45, 7) is 1.12. The van der Waals surface area contributed by atoms with Crippen molar-refractivity contribution in [2.75, 3.05) is 19.6 Å². The number of benzene rings is 1. The van der Waals surface area contributed by atoms with Gasteiger partial charge in [-0.25, -0.2) is 22.4 Å². The van der Waals surface area contributed by atoms with E-state index in [0.29, 0.717) is 35.1 Å². The van der Waals surface area contributed by atoms with Crippen molar-refractivity contribution in [3.05, 3.63) is 54.6 Å². The molecule has 0 unspecified atom stereocenters. The van der Waals surface area contributed by atoms with Crippen LogP contribution in [0.5, 0.6) is 0 Å². The lowest BCUT2D eigenvalue weighted by atomic mass is 10.0. The summed E-state index contributed by atoms with van der Waals surface area (Å²) in [6.07, 6.45) is -1.41. The standard InChI is InChI=1S/C23H24F3N5O3S/c1-15(32)21-28-19-13-27-22-18(9-12-30(22)35(33,34)17-5-3-2-4-6-17)20(19)31(21)16-7-10-29(11-8-16)14-23(24,25)26/h2-6,9,12-13,15-16,32H,7-8,10-11,14H2,1H3/t15-/m1/s1. The third-order valence-electron chi connectivity index (χ3n) is 6.35. The molecule has 186 valence electrons. The van der Waals surface area contributed by atoms with Gasteiger partial charge < -0.3 is 9.67 Å². The van der Waals surface area contributed by atoms with Gasteiger partial charge in [0.1, 0.15) is 17.4 Å². The van der Waals surface area contributed by atoms with Crippen LogP contribution in [0, 0.1) is 0 Å². The van der Waals surface area contributed by atoms with Crippen LogP contribution in [-0.2, 0) is 10.0 Å². The van der Waals surface area contributed by atoms with Gasteiger partial charge in [-0.1, -0.05) is 18.2 Å². The van der Waals surface area contributed by atoms with Crippen molar-refractivity contribution in [2.45, 2.75) is 43.0 Å². The SMILES string of the molecule is C[C@@H](O)c1nc2cnc3c(ccn3S(=O)(=O)c3ccccc3)c2n1C1CCN(CC(F)(F)F)CC1. The summed E-state index contributed by atoms with van der Waals surface area (Å²) in [5.41, 5.74) is 1.32. The van der Waals surface area contributed by atoms with Crippen molar-refractivity contribution in [3.8, 4) is 0 Å². The first-order chi connectivity index (χ1) is 16.6. The zero-order valence-corrected chi connectivity index (χ0v) is 19.7. The second-order valence-electron chi connectivity index (χ2n) is 8.80. The average Bonchev–Trinajstić information content (AvgIpc) is 3.41. The molecule has 8 nitrogen and oxygen atoms in total. The number of aromatic nitrogens is 4. The van der Waals surface area contributed by atoms with Crippen LogP contribution < -0.4 is 0 Å². The molecule has 4 aromatic rings. The monoisotopic (exact) mass is 507 g/mol. The largest absolute Gasteiger partial charge is 0.401 e. The molecule has 1 atom stereocenters. The maximum absolute atomic E-state index is 13.3. The number of fused-ring (bicyclic) bond motifs is 3. The molecule has 1 saturated heterocycles. The van der Waals surface area contributed by atoms with E-state index in [1.807, 2.05) is 4.57 Å². The first kappa shape index (κ1) is 23.8. The Kier molecular flexibility index (Phi) is 5.85. The van der Waals surface area contributed by atoms with Gasteiger partial charge in [0.2, 0.25) is 0 Å². The summed E-state index contributed by atoms with van der Waals surface area (Å²) in [5.74, 6) is 0.377. The van der Waals surface area contributed by atoms with E-state index in [-0.39, 0.29) is 29.7 Å². The van der Waals surface area contributed by atoms with Gasteiger partial charge in [0, 0.05) is 30.7 Å². The molecule has 1 N–H and O–H groups in total. The van der Waals surface area contributed by atoms with E-state index in [2.05, 4.69) is 9.97 Å². The number of piperidine rings is 1. The fraction of sp³-hybridized carbons (Fsp3) is 0.391. The first-order valence-corrected chi connectivity index (χ1v) is 12.7. The second kappa shape index (κ2) is 8.61. The van der Waals surface area contributed by atoms with Crippen LogP contribution in [0.25, 0.3) is 22.1 Å². The van der Waals surface area contributed by atoms with Crippen LogP contribution >= 0.6 is 0 Å². The maximum atomic E-state index is 13.3. The lowest BCUT2D eigenvalue weighted by molar-refractivity contribution is -0.148. The minimum absolute atomic E-state index is 0.120. The van der Waals surface area contributed by atoms with E-state index >= 15 is 0 Å². The normalized spacial score (nSPS) is 17.4. The van der Waals surface area contributed by atoms with Crippen LogP contribution in [0.2, 0.25) is 0 Å². The van der Waals surface area contributed by atoms with Crippen LogP contribution in [0.4, 0.5) is 13.2 Å². The molecule has 0 saturated carbocycles. The number of imidazole rings is 1. The molecule has 0 amide bonds. The van der Waals surface area contributed by atoms with Crippen LogP contribution in [0.1, 0.15) is 37.7 Å². The van der Waals surface area contributed by atoms with Gasteiger partial charge in [-0.15, -0.1) is 0 Å². The van der Waals surface area contributed by atoms with Gasteiger partial charge in [-0.3, -0.25) is 4.90 Å². The molecule has 0 spiro atoms. The summed E-state index contributed by atoms with van der Waals surface area (Å²) in [7, 11) is -3.90. The Labute approximate surface area is 199 Å². The Bertz CT molecular complexity index is 1470. The number of alkyl halides is 3. The summed E-state index contributed by atoms with van der Waals surface area (Å²) in [5, 5.41) is 11.0. The highest BCUT2D eigenvalue weighted by Crippen LogP contribution is 2.35. The van der Waals surface area contributed by atoms with Crippen molar-refractivity contribution in [1.82, 2.24) is 23.4 Å². The summed E-state index contributed by atoms with van der Waals surface area (Å²) in [6, 6.07) is 9.46. The topological polar surface area (TPSA) is 93.3 Å². The highest BCUT2D eigenvalue weighted by Gasteiger charge is 2.34. The summed E-state index contributed by atoms with van der Waals surface area (Å²) >= 11 is 0. The smallest absolute Gasteiger partial charge is 0.385 e. The lowest BCUT2D eigenvalue weighted by Crippen LogP contribution is -2.40. The van der Waals surface area contributed by atoms with Crippen molar-refractivity contribution < 1.29 is 26.7 Å². The van der Waals surface area contributed by atoms with Gasteiger partial charge in [-0.05, 0) is 38.0 Å². The highest BCUT2D eigenvalue weighted by molar-refractivity contribution is 7.90. The first-order valence-electron chi connectivity index (χ1n) is 11.2. The molecule has 1 aromatic carbocycles. The summed E-state index contributed by atoms with van der Waals surface area (Å²) in [4.78, 5) is 10.4. The molecule has 35 heavy (non-hydrogen) atoms. The molecule has 1 aliphatic heterocycles. The fourth-order valence-corrected chi connectivity index (χ4v) is 6.14. The molecule has 0 aliphatic carbocycles. The predicted octanol–water partition coefficient (Wildman–Crippen LogP) is 3.88. The minimum Gasteiger partial charge on any atom is -0.385 e. The van der Waals surface area contributed by atoms with E-state index < -0.39 is 28.8 Å². The Morgan fingerprint density at radius 2 is 1.83 bits per heavy atom. The number of halogens is 3. The molecular weight excluding hydrogens is 483 g/mol. The average molecular weight is 508 g/mol. The van der Waals surface area contributed by atoms with Gasteiger partial charge in [0.15, 0.2) is 5.65 Å². The lowest BCUT2D eigenvalue weighted by Gasteiger charge is -2.34. The van der Waals surface area contributed by atoms with Crippen molar-refractivity contribution in [2.24, 2.45) is 0 Å². The summed E-state index contributed by atoms with van der Waals surface area (Å²) < 4.78 is 68.0. The molecular formula is C23H24F3N5O3S. The van der Waals surface area contributed by atoms with E-state index in [1.165, 1.54) is 29.4 Å². The van der Waals surface area contributed by atoms with Crippen LogP contribution in [-0.4, -0.2) is 62.7 Å². The minimum atomic E-state index is -4.26. The van der Waals surface area contributed by atoms with Gasteiger partial charge >= 0.3 is 6.18 Å². The molecule has 1 fully saturated rings. The number of aliphatic hydroxyl groups is 1. The van der Waals surface area contributed by atoms with E-state index in [4.69, 9.17) is 0 Å². The number of rotatable bonds is 5. The molecule has 1 aliphatic rings. The zero-order valence-electron chi connectivity index (χ0n) is 18.9. The van der Waals surface area contributed by atoms with Crippen LogP contribution in [0.3, 0.4) is 0 Å². The van der Waals surface area contributed by atoms with Crippen molar-refractivity contribution >= 4 is 32.1 Å². The number of pyridine rings is 1. The maximum Gasteiger partial charge on any atom is 0.401 e. The highest BCUT2D eigenvalue weighted by atomic mass is 32.2. The third kappa shape index (κ3) is 4.30. The Balaban J connectivity index is 1.61. The molecule has 4 heterocycles. The Hall–Kier alpha value is -2.96. The Morgan fingerprint density at radius 1 is 1.14 bits per heavy atom. The quantitative estimate of drug-likeness (QED) is 0.441. The Morgan fingerprint density at radius 3 is 2.46 bits per heavy atom.